The van der Waals surface area contributed by atoms with Crippen molar-refractivity contribution in [3.8, 4) is 0 Å². The Bertz CT molecular complexity index is 1150. The maximum absolute atomic E-state index is 5.71. The average Bonchev–Trinajstić information content (AvgIpc) is 3.40. The molecule has 0 saturated carbocycles. The molecule has 2 atom stereocenters. The molecular weight excluding hydrogens is 280 g/mol. The van der Waals surface area contributed by atoms with Crippen molar-refractivity contribution in [2.45, 2.75) is 12.2 Å². The molecule has 0 spiro atoms. The normalized spacial score (nSPS) is 21.6. The lowest BCUT2D eigenvalue weighted by atomic mass is 9.90. The van der Waals surface area contributed by atoms with E-state index >= 15 is 0 Å². The van der Waals surface area contributed by atoms with Gasteiger partial charge in [-0.05, 0) is 55.6 Å². The van der Waals surface area contributed by atoms with Crippen molar-refractivity contribution in [3.63, 3.8) is 0 Å². The van der Waals surface area contributed by atoms with Crippen molar-refractivity contribution in [3.05, 3.63) is 77.9 Å². The van der Waals surface area contributed by atoms with Gasteiger partial charge in [-0.1, -0.05) is 60.7 Å². The number of rotatable bonds is 0. The fraction of sp³-hybridized carbons (Fsp3) is 0.0909. The second kappa shape index (κ2) is 4.01. The minimum Gasteiger partial charge on any atom is -0.360 e. The molecule has 1 heteroatoms. The lowest BCUT2D eigenvalue weighted by Crippen LogP contribution is -1.96. The van der Waals surface area contributed by atoms with Gasteiger partial charge in [0.15, 0.2) is 0 Å². The van der Waals surface area contributed by atoms with Gasteiger partial charge in [0.05, 0.1) is 0 Å². The van der Waals surface area contributed by atoms with Gasteiger partial charge in [-0.25, -0.2) is 0 Å². The zero-order valence-corrected chi connectivity index (χ0v) is 12.5. The second-order valence-electron chi connectivity index (χ2n) is 6.53. The minimum atomic E-state index is 0.284. The van der Waals surface area contributed by atoms with Crippen LogP contribution in [0.4, 0.5) is 0 Å². The van der Waals surface area contributed by atoms with Crippen molar-refractivity contribution in [2.75, 3.05) is 0 Å². The third kappa shape index (κ3) is 1.55. The summed E-state index contributed by atoms with van der Waals surface area (Å²) in [5.74, 6) is 0. The van der Waals surface area contributed by atoms with Crippen LogP contribution in [0.15, 0.2) is 66.7 Å². The third-order valence-electron chi connectivity index (χ3n) is 5.24. The molecule has 6 rings (SSSR count). The standard InChI is InChI=1S/C22H14O/c1-2-4-16-13(3-1)5-6-14-12-20-15(11-19(14)16)7-8-18-17(20)9-10-21-22(18)23-21/h1-12,21-22H/t21-,22+/m0/s1. The first kappa shape index (κ1) is 11.9. The summed E-state index contributed by atoms with van der Waals surface area (Å²) < 4.78 is 5.71. The van der Waals surface area contributed by atoms with E-state index in [4.69, 9.17) is 4.74 Å². The smallest absolute Gasteiger partial charge is 0.114 e. The fourth-order valence-corrected chi connectivity index (χ4v) is 4.01. The number of benzene rings is 4. The molecule has 4 aromatic carbocycles. The van der Waals surface area contributed by atoms with Crippen LogP contribution in [0.3, 0.4) is 0 Å². The first-order chi connectivity index (χ1) is 11.4. The molecule has 1 heterocycles. The van der Waals surface area contributed by atoms with E-state index in [2.05, 4.69) is 72.8 Å². The van der Waals surface area contributed by atoms with Crippen LogP contribution in [0.5, 0.6) is 0 Å². The van der Waals surface area contributed by atoms with Gasteiger partial charge < -0.3 is 4.74 Å². The molecule has 0 amide bonds. The highest BCUT2D eigenvalue weighted by Crippen LogP contribution is 2.47. The highest BCUT2D eigenvalue weighted by atomic mass is 16.6. The lowest BCUT2D eigenvalue weighted by Gasteiger charge is -2.13. The molecule has 1 nitrogen and oxygen atoms in total. The highest BCUT2D eigenvalue weighted by Gasteiger charge is 2.41. The number of ether oxygens (including phenoxy) is 1. The Kier molecular flexibility index (Phi) is 2.07. The molecule has 1 fully saturated rings. The van der Waals surface area contributed by atoms with Crippen molar-refractivity contribution in [2.24, 2.45) is 0 Å². The van der Waals surface area contributed by atoms with Gasteiger partial charge >= 0.3 is 0 Å². The predicted octanol–water partition coefficient (Wildman–Crippen LogP) is 5.61. The summed E-state index contributed by atoms with van der Waals surface area (Å²) in [5.41, 5.74) is 2.67. The monoisotopic (exact) mass is 294 g/mol. The number of fused-ring (bicyclic) bond motifs is 8. The van der Waals surface area contributed by atoms with E-state index in [0.29, 0.717) is 6.10 Å². The summed E-state index contributed by atoms with van der Waals surface area (Å²) in [6, 6.07) is 22.2. The maximum atomic E-state index is 5.71. The van der Waals surface area contributed by atoms with Gasteiger partial charge in [0.25, 0.3) is 0 Å². The Hall–Kier alpha value is -2.64. The highest BCUT2D eigenvalue weighted by molar-refractivity contribution is 6.13. The van der Waals surface area contributed by atoms with E-state index in [0.717, 1.165) is 0 Å². The van der Waals surface area contributed by atoms with Crippen molar-refractivity contribution in [1.82, 2.24) is 0 Å². The zero-order valence-electron chi connectivity index (χ0n) is 12.5. The number of epoxide rings is 1. The first-order valence-corrected chi connectivity index (χ1v) is 8.10. The van der Waals surface area contributed by atoms with Crippen molar-refractivity contribution in [1.29, 1.82) is 0 Å². The van der Waals surface area contributed by atoms with Gasteiger partial charge in [-0.2, -0.15) is 0 Å². The summed E-state index contributed by atoms with van der Waals surface area (Å²) >= 11 is 0. The summed E-state index contributed by atoms with van der Waals surface area (Å²) in [7, 11) is 0. The molecule has 108 valence electrons. The molecule has 4 aromatic rings. The van der Waals surface area contributed by atoms with Crippen molar-refractivity contribution < 1.29 is 4.74 Å². The second-order valence-corrected chi connectivity index (χ2v) is 6.53. The van der Waals surface area contributed by atoms with Crippen molar-refractivity contribution >= 4 is 38.4 Å². The molecule has 1 saturated heterocycles. The Labute approximate surface area is 133 Å². The zero-order chi connectivity index (χ0) is 15.0. The van der Waals surface area contributed by atoms with Crippen LogP contribution in [0.1, 0.15) is 17.2 Å². The Morgan fingerprint density at radius 3 is 2.48 bits per heavy atom. The summed E-state index contributed by atoms with van der Waals surface area (Å²) in [4.78, 5) is 0. The van der Waals surface area contributed by atoms with E-state index in [1.807, 2.05) is 0 Å². The van der Waals surface area contributed by atoms with Crippen LogP contribution in [-0.2, 0) is 4.74 Å². The molecule has 0 N–H and O–H groups in total. The molecular formula is C22H14O. The maximum Gasteiger partial charge on any atom is 0.114 e. The Balaban J connectivity index is 1.76. The number of hydrogen-bond acceptors (Lipinski definition) is 1. The van der Waals surface area contributed by atoms with Crippen LogP contribution in [-0.4, -0.2) is 6.10 Å². The fourth-order valence-electron chi connectivity index (χ4n) is 4.01. The molecule has 0 radical (unpaired) electrons. The summed E-state index contributed by atoms with van der Waals surface area (Å²) in [6.45, 7) is 0. The minimum absolute atomic E-state index is 0.284. The molecule has 23 heavy (non-hydrogen) atoms. The van der Waals surface area contributed by atoms with Crippen LogP contribution >= 0.6 is 0 Å². The molecule has 1 aliphatic heterocycles. The van der Waals surface area contributed by atoms with Gasteiger partial charge in [-0.3, -0.25) is 0 Å². The van der Waals surface area contributed by atoms with E-state index in [-0.39, 0.29) is 6.10 Å². The van der Waals surface area contributed by atoms with Gasteiger partial charge in [0.1, 0.15) is 12.2 Å². The first-order valence-electron chi connectivity index (χ1n) is 8.10. The summed E-state index contributed by atoms with van der Waals surface area (Å²) in [5, 5.41) is 7.89. The van der Waals surface area contributed by atoms with Gasteiger partial charge in [0, 0.05) is 0 Å². The molecule has 1 aliphatic carbocycles. The largest absolute Gasteiger partial charge is 0.360 e. The van der Waals surface area contributed by atoms with E-state index < -0.39 is 0 Å². The lowest BCUT2D eigenvalue weighted by molar-refractivity contribution is 0.395. The molecule has 0 bridgehead atoms. The van der Waals surface area contributed by atoms with Crippen LogP contribution in [0, 0.1) is 0 Å². The van der Waals surface area contributed by atoms with E-state index in [1.165, 1.54) is 43.4 Å². The number of hydrogen-bond donors (Lipinski definition) is 0. The van der Waals surface area contributed by atoms with E-state index in [1.54, 1.807) is 0 Å². The quantitative estimate of drug-likeness (QED) is 0.233. The molecule has 0 unspecified atom stereocenters. The topological polar surface area (TPSA) is 12.5 Å². The molecule has 0 aromatic heterocycles. The van der Waals surface area contributed by atoms with Crippen LogP contribution in [0.25, 0.3) is 38.4 Å². The Morgan fingerprint density at radius 1 is 0.696 bits per heavy atom. The Morgan fingerprint density at radius 2 is 1.48 bits per heavy atom. The average molecular weight is 294 g/mol. The van der Waals surface area contributed by atoms with Crippen LogP contribution < -0.4 is 0 Å². The van der Waals surface area contributed by atoms with Gasteiger partial charge in [-0.15, -0.1) is 0 Å². The SMILES string of the molecule is C1=C[C@@H]2O[C@@H]2c2ccc3cc4c(ccc5ccccc54)cc3c21. The third-order valence-corrected chi connectivity index (χ3v) is 5.24. The van der Waals surface area contributed by atoms with Crippen LogP contribution in [0.2, 0.25) is 0 Å². The van der Waals surface area contributed by atoms with Gasteiger partial charge in [0.2, 0.25) is 0 Å². The van der Waals surface area contributed by atoms with E-state index in [9.17, 15) is 0 Å². The predicted molar refractivity (Wildman–Crippen MR) is 95.6 cm³/mol. The molecule has 2 aliphatic rings. The summed E-state index contributed by atoms with van der Waals surface area (Å²) in [6.07, 6.45) is 5.02.